The van der Waals surface area contributed by atoms with Crippen LogP contribution in [0, 0.1) is 0 Å². The molecule has 0 saturated carbocycles. The topological polar surface area (TPSA) is 119 Å². The number of nitrogen functional groups attached to an aromatic ring is 1. The minimum absolute atomic E-state index is 0.138. The maximum absolute atomic E-state index is 12.1. The Kier molecular flexibility index (Phi) is 5.05. The molecule has 0 bridgehead atoms. The second-order valence-corrected chi connectivity index (χ2v) is 6.69. The van der Waals surface area contributed by atoms with Crippen molar-refractivity contribution in [2.24, 2.45) is 0 Å². The summed E-state index contributed by atoms with van der Waals surface area (Å²) < 4.78 is 6.79. The van der Waals surface area contributed by atoms with Gasteiger partial charge in [0.25, 0.3) is 0 Å². The summed E-state index contributed by atoms with van der Waals surface area (Å²) in [5.41, 5.74) is 8.11. The van der Waals surface area contributed by atoms with Crippen molar-refractivity contribution in [1.29, 1.82) is 0 Å². The molecular weight excluding hydrogens is 394 g/mol. The highest BCUT2D eigenvalue weighted by Crippen LogP contribution is 2.27. The van der Waals surface area contributed by atoms with E-state index in [4.69, 9.17) is 22.1 Å². The Hall–Kier alpha value is -3.59. The van der Waals surface area contributed by atoms with Crippen molar-refractivity contribution < 1.29 is 9.53 Å². The number of para-hydroxylation sites is 1. The van der Waals surface area contributed by atoms with Gasteiger partial charge in [-0.3, -0.25) is 0 Å². The summed E-state index contributed by atoms with van der Waals surface area (Å²) in [5.74, 6) is 1.19. The molecule has 2 aromatic carbocycles. The Balaban J connectivity index is 1.48. The highest BCUT2D eigenvalue weighted by Gasteiger charge is 2.14. The highest BCUT2D eigenvalue weighted by atomic mass is 35.5. The average molecular weight is 412 g/mol. The van der Waals surface area contributed by atoms with E-state index in [1.54, 1.807) is 25.3 Å². The second kappa shape index (κ2) is 7.80. The first-order valence-electron chi connectivity index (χ1n) is 8.79. The van der Waals surface area contributed by atoms with Crippen LogP contribution >= 0.6 is 11.6 Å². The van der Waals surface area contributed by atoms with Gasteiger partial charge in [-0.25, -0.2) is 14.8 Å². The molecule has 0 saturated heterocycles. The van der Waals surface area contributed by atoms with Gasteiger partial charge in [-0.2, -0.15) is 4.52 Å². The largest absolute Gasteiger partial charge is 0.494 e. The van der Waals surface area contributed by atoms with E-state index in [0.717, 1.165) is 10.9 Å². The smallest absolute Gasteiger partial charge is 0.315 e. The summed E-state index contributed by atoms with van der Waals surface area (Å²) in [6.45, 7) is 0.516. The second-order valence-electron chi connectivity index (χ2n) is 6.25. The number of halogens is 1. The molecule has 148 valence electrons. The van der Waals surface area contributed by atoms with Gasteiger partial charge in [0, 0.05) is 17.0 Å². The summed E-state index contributed by atoms with van der Waals surface area (Å²) in [6, 6.07) is 12.4. The number of amides is 2. The van der Waals surface area contributed by atoms with Gasteiger partial charge in [0.1, 0.15) is 11.3 Å². The monoisotopic (exact) mass is 411 g/mol. The van der Waals surface area contributed by atoms with Gasteiger partial charge in [-0.05, 0) is 29.8 Å². The SMILES string of the molecule is COc1cccc2c1nc(N)n1nc(CNC(=O)NCc3ccc(Cl)cc3)nc21. The van der Waals surface area contributed by atoms with Crippen LogP contribution in [0.15, 0.2) is 42.5 Å². The zero-order valence-corrected chi connectivity index (χ0v) is 16.3. The van der Waals surface area contributed by atoms with Crippen LogP contribution in [0.3, 0.4) is 0 Å². The Bertz CT molecular complexity index is 1190. The van der Waals surface area contributed by atoms with Gasteiger partial charge in [-0.15, -0.1) is 5.10 Å². The normalized spacial score (nSPS) is 11.0. The molecular formula is C19H18ClN7O2. The maximum atomic E-state index is 12.1. The van der Waals surface area contributed by atoms with Crippen LogP contribution in [0.5, 0.6) is 5.75 Å². The van der Waals surface area contributed by atoms with E-state index < -0.39 is 0 Å². The zero-order chi connectivity index (χ0) is 20.4. The van der Waals surface area contributed by atoms with Gasteiger partial charge in [0.15, 0.2) is 11.5 Å². The molecule has 4 rings (SSSR count). The third kappa shape index (κ3) is 3.85. The van der Waals surface area contributed by atoms with E-state index >= 15 is 0 Å². The molecule has 2 aromatic heterocycles. The summed E-state index contributed by atoms with van der Waals surface area (Å²) in [6.07, 6.45) is 0. The van der Waals surface area contributed by atoms with E-state index in [1.165, 1.54) is 4.52 Å². The molecule has 0 unspecified atom stereocenters. The van der Waals surface area contributed by atoms with Crippen LogP contribution < -0.4 is 21.1 Å². The lowest BCUT2D eigenvalue weighted by atomic mass is 10.2. The number of nitrogens with two attached hydrogens (primary N) is 1. The van der Waals surface area contributed by atoms with Crippen LogP contribution in [0.4, 0.5) is 10.7 Å². The molecule has 2 heterocycles. The van der Waals surface area contributed by atoms with Crippen molar-refractivity contribution in [2.45, 2.75) is 13.1 Å². The first-order chi connectivity index (χ1) is 14.0. The van der Waals surface area contributed by atoms with Crippen molar-refractivity contribution in [3.8, 4) is 5.75 Å². The first-order valence-corrected chi connectivity index (χ1v) is 9.17. The van der Waals surface area contributed by atoms with E-state index in [-0.39, 0.29) is 18.5 Å². The number of nitrogens with zero attached hydrogens (tertiary/aromatic N) is 4. The number of carbonyl (C=O) groups is 1. The molecule has 0 aliphatic rings. The van der Waals surface area contributed by atoms with Gasteiger partial charge >= 0.3 is 6.03 Å². The summed E-state index contributed by atoms with van der Waals surface area (Å²) in [5, 5.41) is 11.2. The predicted octanol–water partition coefficient (Wildman–Crippen LogP) is 2.52. The van der Waals surface area contributed by atoms with E-state index in [2.05, 4.69) is 25.7 Å². The Morgan fingerprint density at radius 3 is 2.66 bits per heavy atom. The molecule has 0 atom stereocenters. The number of nitrogens with one attached hydrogen (secondary N) is 2. The molecule has 29 heavy (non-hydrogen) atoms. The minimum atomic E-state index is -0.337. The number of urea groups is 1. The molecule has 4 aromatic rings. The molecule has 9 nitrogen and oxygen atoms in total. The summed E-state index contributed by atoms with van der Waals surface area (Å²) >= 11 is 5.85. The number of methoxy groups -OCH3 is 1. The number of ether oxygens (including phenoxy) is 1. The van der Waals surface area contributed by atoms with E-state index in [0.29, 0.717) is 34.3 Å². The fourth-order valence-corrected chi connectivity index (χ4v) is 3.04. The van der Waals surface area contributed by atoms with Crippen molar-refractivity contribution in [1.82, 2.24) is 30.2 Å². The van der Waals surface area contributed by atoms with Gasteiger partial charge in [0.05, 0.1) is 13.7 Å². The number of hydrogen-bond donors (Lipinski definition) is 3. The molecule has 4 N–H and O–H groups in total. The number of anilines is 1. The van der Waals surface area contributed by atoms with Crippen molar-refractivity contribution in [3.05, 3.63) is 58.9 Å². The number of rotatable bonds is 5. The third-order valence-corrected chi connectivity index (χ3v) is 4.58. The molecule has 0 spiro atoms. The molecule has 0 aliphatic heterocycles. The summed E-state index contributed by atoms with van der Waals surface area (Å²) in [4.78, 5) is 20.9. The van der Waals surface area contributed by atoms with Crippen LogP contribution in [0.2, 0.25) is 5.02 Å². The Morgan fingerprint density at radius 2 is 1.90 bits per heavy atom. The lowest BCUT2D eigenvalue weighted by molar-refractivity contribution is 0.240. The van der Waals surface area contributed by atoms with Gasteiger partial charge in [0.2, 0.25) is 5.95 Å². The number of aromatic nitrogens is 4. The number of carbonyl (C=O) groups excluding carboxylic acids is 1. The van der Waals surface area contributed by atoms with E-state index in [9.17, 15) is 4.79 Å². The zero-order valence-electron chi connectivity index (χ0n) is 15.5. The molecule has 0 fully saturated rings. The maximum Gasteiger partial charge on any atom is 0.315 e. The molecule has 2 amide bonds. The van der Waals surface area contributed by atoms with Gasteiger partial charge < -0.3 is 21.1 Å². The van der Waals surface area contributed by atoms with Crippen molar-refractivity contribution >= 4 is 40.1 Å². The summed E-state index contributed by atoms with van der Waals surface area (Å²) in [7, 11) is 1.57. The molecule has 0 aliphatic carbocycles. The number of fused-ring (bicyclic) bond motifs is 3. The predicted molar refractivity (Wildman–Crippen MR) is 110 cm³/mol. The van der Waals surface area contributed by atoms with Crippen LogP contribution in [-0.4, -0.2) is 32.7 Å². The standard InChI is InChI=1S/C19H18ClN7O2/c1-29-14-4-2-3-13-16(14)25-18(21)27-17(13)24-15(26-27)10-23-19(28)22-9-11-5-7-12(20)8-6-11/h2-8H,9-10H2,1H3,(H2,21,25)(H2,22,23,28). The minimum Gasteiger partial charge on any atom is -0.494 e. The van der Waals surface area contributed by atoms with E-state index in [1.807, 2.05) is 24.3 Å². The van der Waals surface area contributed by atoms with Crippen LogP contribution in [-0.2, 0) is 13.1 Å². The third-order valence-electron chi connectivity index (χ3n) is 4.33. The first kappa shape index (κ1) is 18.8. The highest BCUT2D eigenvalue weighted by molar-refractivity contribution is 6.30. The van der Waals surface area contributed by atoms with Crippen LogP contribution in [0.1, 0.15) is 11.4 Å². The molecule has 10 heteroatoms. The number of hydrogen-bond acceptors (Lipinski definition) is 6. The Labute approximate surface area is 170 Å². The average Bonchev–Trinajstić information content (AvgIpc) is 3.17. The Morgan fingerprint density at radius 1 is 1.14 bits per heavy atom. The quantitative estimate of drug-likeness (QED) is 0.464. The molecule has 0 radical (unpaired) electrons. The lowest BCUT2D eigenvalue weighted by Crippen LogP contribution is -2.34. The van der Waals surface area contributed by atoms with Gasteiger partial charge in [-0.1, -0.05) is 29.8 Å². The fourth-order valence-electron chi connectivity index (χ4n) is 2.91. The van der Waals surface area contributed by atoms with Crippen LogP contribution in [0.25, 0.3) is 16.6 Å². The lowest BCUT2D eigenvalue weighted by Gasteiger charge is -2.06. The fraction of sp³-hybridized carbons (Fsp3) is 0.158. The number of benzene rings is 2. The van der Waals surface area contributed by atoms with Crippen molar-refractivity contribution in [2.75, 3.05) is 12.8 Å². The van der Waals surface area contributed by atoms with Crippen molar-refractivity contribution in [3.63, 3.8) is 0 Å².